The molecular weight excluding hydrogens is 576 g/mol. The second-order valence-electron chi connectivity index (χ2n) is 5.63. The molecule has 2 rings (SSSR count). The Hall–Kier alpha value is -0.200. The molecule has 0 bridgehead atoms. The molecule has 0 saturated carbocycles. The fourth-order valence-electron chi connectivity index (χ4n) is 2.28. The van der Waals surface area contributed by atoms with Gasteiger partial charge in [-0.05, 0) is 49.2 Å². The molecular formula is C20H18Br4O. The largest absolute Gasteiger partial charge is 0.373 e. The highest BCUT2D eigenvalue weighted by molar-refractivity contribution is 9.11. The van der Waals surface area contributed by atoms with Crippen LogP contribution in [0.25, 0.3) is 12.2 Å². The monoisotopic (exact) mass is 590 g/mol. The molecule has 0 fully saturated rings. The molecule has 0 aromatic heterocycles. The van der Waals surface area contributed by atoms with Crippen molar-refractivity contribution in [2.24, 2.45) is 0 Å². The Morgan fingerprint density at radius 1 is 0.680 bits per heavy atom. The van der Waals surface area contributed by atoms with Crippen molar-refractivity contribution in [1.29, 1.82) is 0 Å². The van der Waals surface area contributed by atoms with Gasteiger partial charge in [-0.15, -0.1) is 0 Å². The van der Waals surface area contributed by atoms with Crippen LogP contribution in [0.5, 0.6) is 0 Å². The number of hydrogen-bond acceptors (Lipinski definition) is 1. The Labute approximate surface area is 183 Å². The number of hydrogen-bond donors (Lipinski definition) is 0. The Kier molecular flexibility index (Phi) is 8.62. The topological polar surface area (TPSA) is 9.23 Å². The summed E-state index contributed by atoms with van der Waals surface area (Å²) in [4.78, 5) is 0. The second kappa shape index (κ2) is 10.2. The molecule has 0 N–H and O–H groups in total. The predicted molar refractivity (Wildman–Crippen MR) is 122 cm³/mol. The summed E-state index contributed by atoms with van der Waals surface area (Å²) in [5, 5.41) is 0. The Morgan fingerprint density at radius 3 is 1.32 bits per heavy atom. The standard InChI is InChI=1S/C20H18Br4O/c1-13-9-17(21)15(18(22)10-13)5-3-7-25-8-4-6-16-19(23)11-14(2)12-20(16)24/h3-6,9-12H,7-8H2,1-2H3. The van der Waals surface area contributed by atoms with Crippen molar-refractivity contribution in [3.05, 3.63) is 76.6 Å². The van der Waals surface area contributed by atoms with Crippen molar-refractivity contribution in [3.63, 3.8) is 0 Å². The molecule has 0 amide bonds. The Bertz CT molecular complexity index is 696. The van der Waals surface area contributed by atoms with Crippen LogP contribution >= 0.6 is 63.7 Å². The molecule has 2 aromatic rings. The summed E-state index contributed by atoms with van der Waals surface area (Å²) < 4.78 is 9.94. The Morgan fingerprint density at radius 2 is 1.00 bits per heavy atom. The molecule has 5 heteroatoms. The van der Waals surface area contributed by atoms with Crippen molar-refractivity contribution in [1.82, 2.24) is 0 Å². The van der Waals surface area contributed by atoms with Gasteiger partial charge in [-0.2, -0.15) is 0 Å². The van der Waals surface area contributed by atoms with Gasteiger partial charge >= 0.3 is 0 Å². The summed E-state index contributed by atoms with van der Waals surface area (Å²) in [5.74, 6) is 0. The van der Waals surface area contributed by atoms with Gasteiger partial charge in [0.2, 0.25) is 0 Å². The van der Waals surface area contributed by atoms with E-state index < -0.39 is 0 Å². The van der Waals surface area contributed by atoms with Gasteiger partial charge in [0.1, 0.15) is 0 Å². The molecule has 0 radical (unpaired) electrons. The zero-order valence-electron chi connectivity index (χ0n) is 14.0. The highest BCUT2D eigenvalue weighted by atomic mass is 79.9. The van der Waals surface area contributed by atoms with Gasteiger partial charge in [-0.25, -0.2) is 0 Å². The van der Waals surface area contributed by atoms with Crippen LogP contribution in [0.3, 0.4) is 0 Å². The normalized spacial score (nSPS) is 11.8. The molecule has 0 aliphatic carbocycles. The first-order valence-electron chi connectivity index (χ1n) is 7.70. The highest BCUT2D eigenvalue weighted by Crippen LogP contribution is 2.29. The van der Waals surface area contributed by atoms with Crippen LogP contribution in [0.2, 0.25) is 0 Å². The average molecular weight is 594 g/mol. The van der Waals surface area contributed by atoms with Crippen LogP contribution in [0.1, 0.15) is 22.3 Å². The lowest BCUT2D eigenvalue weighted by atomic mass is 10.1. The fourth-order valence-corrected chi connectivity index (χ4v) is 5.64. The van der Waals surface area contributed by atoms with Gasteiger partial charge < -0.3 is 4.74 Å². The van der Waals surface area contributed by atoms with E-state index in [-0.39, 0.29) is 0 Å². The van der Waals surface area contributed by atoms with Crippen LogP contribution in [0, 0.1) is 13.8 Å². The van der Waals surface area contributed by atoms with Crippen LogP contribution in [-0.2, 0) is 4.74 Å². The maximum absolute atomic E-state index is 5.65. The van der Waals surface area contributed by atoms with E-state index >= 15 is 0 Å². The van der Waals surface area contributed by atoms with Crippen molar-refractivity contribution in [2.75, 3.05) is 13.2 Å². The van der Waals surface area contributed by atoms with E-state index in [9.17, 15) is 0 Å². The van der Waals surface area contributed by atoms with Crippen LogP contribution in [-0.4, -0.2) is 13.2 Å². The first-order valence-corrected chi connectivity index (χ1v) is 10.9. The first kappa shape index (κ1) is 21.1. The number of ether oxygens (including phenoxy) is 1. The summed E-state index contributed by atoms with van der Waals surface area (Å²) in [7, 11) is 0. The number of rotatable bonds is 6. The molecule has 0 atom stereocenters. The summed E-state index contributed by atoms with van der Waals surface area (Å²) in [6.45, 7) is 5.27. The highest BCUT2D eigenvalue weighted by Gasteiger charge is 2.03. The first-order chi connectivity index (χ1) is 11.9. The van der Waals surface area contributed by atoms with Gasteiger partial charge in [0.15, 0.2) is 0 Å². The molecule has 0 spiro atoms. The zero-order valence-corrected chi connectivity index (χ0v) is 20.3. The molecule has 0 unspecified atom stereocenters. The third-order valence-electron chi connectivity index (χ3n) is 3.44. The molecule has 0 aliphatic heterocycles. The van der Waals surface area contributed by atoms with E-state index in [0.717, 1.165) is 29.0 Å². The number of benzene rings is 2. The summed E-state index contributed by atoms with van der Waals surface area (Å²) in [6.07, 6.45) is 8.16. The second-order valence-corrected chi connectivity index (χ2v) is 9.04. The van der Waals surface area contributed by atoms with E-state index in [1.165, 1.54) is 11.1 Å². The molecule has 0 saturated heterocycles. The summed E-state index contributed by atoms with van der Waals surface area (Å²) >= 11 is 14.4. The molecule has 0 heterocycles. The lowest BCUT2D eigenvalue weighted by Crippen LogP contribution is -1.91. The molecule has 1 nitrogen and oxygen atoms in total. The van der Waals surface area contributed by atoms with Gasteiger partial charge in [0.05, 0.1) is 13.2 Å². The number of aryl methyl sites for hydroxylation is 2. The van der Waals surface area contributed by atoms with E-state index in [2.05, 4.69) is 114 Å². The van der Waals surface area contributed by atoms with Gasteiger partial charge in [-0.1, -0.05) is 88.0 Å². The fraction of sp³-hybridized carbons (Fsp3) is 0.200. The molecule has 0 aliphatic rings. The van der Waals surface area contributed by atoms with Crippen molar-refractivity contribution < 1.29 is 4.74 Å². The lowest BCUT2D eigenvalue weighted by Gasteiger charge is -2.05. The van der Waals surface area contributed by atoms with E-state index in [1.54, 1.807) is 0 Å². The van der Waals surface area contributed by atoms with E-state index in [1.807, 2.05) is 12.2 Å². The minimum atomic E-state index is 0.563. The zero-order chi connectivity index (χ0) is 18.4. The van der Waals surface area contributed by atoms with Gasteiger partial charge in [-0.3, -0.25) is 0 Å². The minimum Gasteiger partial charge on any atom is -0.373 e. The lowest BCUT2D eigenvalue weighted by molar-refractivity contribution is 0.195. The third kappa shape index (κ3) is 6.47. The van der Waals surface area contributed by atoms with Crippen LogP contribution < -0.4 is 0 Å². The maximum atomic E-state index is 5.65. The molecule has 2 aromatic carbocycles. The van der Waals surface area contributed by atoms with Crippen molar-refractivity contribution in [3.8, 4) is 0 Å². The number of halogens is 4. The Balaban J connectivity index is 1.86. The van der Waals surface area contributed by atoms with Gasteiger partial charge in [0, 0.05) is 29.0 Å². The average Bonchev–Trinajstić information content (AvgIpc) is 2.50. The van der Waals surface area contributed by atoms with E-state index in [0.29, 0.717) is 13.2 Å². The predicted octanol–water partition coefficient (Wildman–Crippen LogP) is 8.10. The quantitative estimate of drug-likeness (QED) is 0.308. The van der Waals surface area contributed by atoms with Gasteiger partial charge in [0.25, 0.3) is 0 Å². The minimum absolute atomic E-state index is 0.563. The smallest absolute Gasteiger partial charge is 0.0655 e. The maximum Gasteiger partial charge on any atom is 0.0655 e. The van der Waals surface area contributed by atoms with Crippen molar-refractivity contribution in [2.45, 2.75) is 13.8 Å². The third-order valence-corrected chi connectivity index (χ3v) is 6.07. The molecule has 132 valence electrons. The molecule has 25 heavy (non-hydrogen) atoms. The van der Waals surface area contributed by atoms with Crippen LogP contribution in [0.15, 0.2) is 54.3 Å². The summed E-state index contributed by atoms with van der Waals surface area (Å²) in [6, 6.07) is 8.41. The van der Waals surface area contributed by atoms with Crippen molar-refractivity contribution >= 4 is 75.9 Å². The van der Waals surface area contributed by atoms with Crippen LogP contribution in [0.4, 0.5) is 0 Å². The SMILES string of the molecule is Cc1cc(Br)c(C=CCOCC=Cc2c(Br)cc(C)cc2Br)c(Br)c1. The summed E-state index contributed by atoms with van der Waals surface area (Å²) in [5.41, 5.74) is 4.67. The van der Waals surface area contributed by atoms with E-state index in [4.69, 9.17) is 4.74 Å².